The van der Waals surface area contributed by atoms with E-state index >= 15 is 0 Å². The van der Waals surface area contributed by atoms with Crippen LogP contribution in [-0.4, -0.2) is 87.1 Å². The number of hydrogen-bond donors (Lipinski definition) is 4. The van der Waals surface area contributed by atoms with Crippen LogP contribution in [0.15, 0.2) is 102 Å². The number of aromatic amines is 2. The molecule has 16 heteroatoms. The van der Waals surface area contributed by atoms with Crippen molar-refractivity contribution in [2.75, 3.05) is 27.3 Å². The van der Waals surface area contributed by atoms with Gasteiger partial charge in [-0.2, -0.15) is 0 Å². The lowest BCUT2D eigenvalue weighted by atomic mass is 10.0. The Balaban J connectivity index is 0.869. The smallest absolute Gasteiger partial charge is 0.407 e. The summed E-state index contributed by atoms with van der Waals surface area (Å²) in [6.45, 7) is 4.97. The minimum Gasteiger partial charge on any atom is -0.453 e. The topological polar surface area (TPSA) is 175 Å². The first-order valence-electron chi connectivity index (χ1n) is 21.8. The van der Waals surface area contributed by atoms with Crippen molar-refractivity contribution in [1.29, 1.82) is 0 Å². The minimum atomic E-state index is -0.878. The number of rotatable bonds is 12. The third-order valence-electron chi connectivity index (χ3n) is 12.4. The molecule has 2 aliphatic rings. The Morgan fingerprint density at radius 3 is 1.58 bits per heavy atom. The van der Waals surface area contributed by atoms with Gasteiger partial charge in [-0.05, 0) is 59.4 Å². The van der Waals surface area contributed by atoms with Crippen LogP contribution in [0.3, 0.4) is 0 Å². The van der Waals surface area contributed by atoms with E-state index in [9.17, 15) is 19.2 Å². The number of nitrogens with zero attached hydrogens (tertiary/aromatic N) is 4. The van der Waals surface area contributed by atoms with E-state index in [1.165, 1.54) is 34.7 Å². The third-order valence-corrected chi connectivity index (χ3v) is 14.6. The molecule has 4 amide bonds. The molecule has 2 saturated heterocycles. The number of methoxy groups -OCH3 is 2. The van der Waals surface area contributed by atoms with Crippen LogP contribution in [-0.2, 0) is 19.1 Å². The van der Waals surface area contributed by atoms with E-state index in [1.807, 2.05) is 61.5 Å². The molecule has 6 heterocycles. The lowest BCUT2D eigenvalue weighted by Crippen LogP contribution is -2.51. The Hall–Kier alpha value is -6.78. The lowest BCUT2D eigenvalue weighted by Gasteiger charge is -2.30. The van der Waals surface area contributed by atoms with Crippen LogP contribution in [0.1, 0.15) is 74.9 Å². The fourth-order valence-electron chi connectivity index (χ4n) is 8.97. The summed E-state index contributed by atoms with van der Waals surface area (Å²) in [6, 6.07) is 24.1. The number of H-pyrrole nitrogens is 2. The summed E-state index contributed by atoms with van der Waals surface area (Å²) in [5.74, 6) is 1.000. The van der Waals surface area contributed by atoms with Crippen molar-refractivity contribution in [3.05, 3.63) is 119 Å². The molecule has 334 valence electrons. The van der Waals surface area contributed by atoms with Crippen LogP contribution in [0, 0.1) is 5.92 Å². The average Bonchev–Trinajstić information content (AvgIpc) is 4.20. The molecule has 2 unspecified atom stereocenters. The zero-order valence-electron chi connectivity index (χ0n) is 36.5. The van der Waals surface area contributed by atoms with Crippen LogP contribution < -0.4 is 10.6 Å². The summed E-state index contributed by atoms with van der Waals surface area (Å²) in [5.41, 5.74) is 9.04. The molecule has 4 atom stereocenters. The van der Waals surface area contributed by atoms with Crippen LogP contribution in [0.5, 0.6) is 0 Å². The van der Waals surface area contributed by atoms with Crippen LogP contribution in [0.2, 0.25) is 0 Å². The van der Waals surface area contributed by atoms with Crippen molar-refractivity contribution in [2.24, 2.45) is 5.92 Å². The first-order valence-corrected chi connectivity index (χ1v) is 23.5. The highest BCUT2D eigenvalue weighted by atomic mass is 32.1. The predicted octanol–water partition coefficient (Wildman–Crippen LogP) is 9.88. The van der Waals surface area contributed by atoms with Gasteiger partial charge in [0.05, 0.1) is 59.5 Å². The van der Waals surface area contributed by atoms with Crippen molar-refractivity contribution in [1.82, 2.24) is 40.4 Å². The van der Waals surface area contributed by atoms with Crippen molar-refractivity contribution in [3.63, 3.8) is 0 Å². The molecule has 0 radical (unpaired) electrons. The number of fused-ring (bicyclic) bond motifs is 1. The normalized spacial score (nSPS) is 17.1. The molecule has 0 bridgehead atoms. The van der Waals surface area contributed by atoms with E-state index < -0.39 is 24.3 Å². The van der Waals surface area contributed by atoms with Gasteiger partial charge in [-0.1, -0.05) is 92.7 Å². The number of hydrogen-bond acceptors (Lipinski definition) is 10. The van der Waals surface area contributed by atoms with Gasteiger partial charge in [-0.15, -0.1) is 22.7 Å². The summed E-state index contributed by atoms with van der Waals surface area (Å²) in [6.07, 6.45) is 5.57. The number of imidazole rings is 2. The van der Waals surface area contributed by atoms with Crippen molar-refractivity contribution in [2.45, 2.75) is 63.7 Å². The molecule has 0 spiro atoms. The fourth-order valence-corrected chi connectivity index (χ4v) is 11.4. The summed E-state index contributed by atoms with van der Waals surface area (Å²) in [5, 5.41) is 9.89. The number of nitrogens with one attached hydrogen (secondary N) is 4. The largest absolute Gasteiger partial charge is 0.453 e. The molecule has 14 nitrogen and oxygen atoms in total. The van der Waals surface area contributed by atoms with E-state index in [0.29, 0.717) is 24.5 Å². The van der Waals surface area contributed by atoms with Gasteiger partial charge in [-0.3, -0.25) is 9.59 Å². The molecule has 4 aromatic heterocycles. The second-order valence-corrected chi connectivity index (χ2v) is 18.5. The average molecular weight is 911 g/mol. The molecular formula is C49H50N8O6S2. The Kier molecular flexibility index (Phi) is 12.5. The number of amides is 4. The number of alkyl carbamates (subject to hydrolysis) is 2. The zero-order chi connectivity index (χ0) is 45.2. The number of carbonyl (C=O) groups is 4. The Morgan fingerprint density at radius 2 is 1.11 bits per heavy atom. The quantitative estimate of drug-likeness (QED) is 0.0937. The van der Waals surface area contributed by atoms with Crippen molar-refractivity contribution in [3.8, 4) is 44.8 Å². The van der Waals surface area contributed by atoms with E-state index in [2.05, 4.69) is 79.9 Å². The van der Waals surface area contributed by atoms with Gasteiger partial charge in [-0.25, -0.2) is 19.6 Å². The van der Waals surface area contributed by atoms with Gasteiger partial charge in [0.15, 0.2) is 0 Å². The number of ether oxygens (including phenoxy) is 2. The SMILES string of the molecule is COC(=O)N[C@H](C(=O)N1CCCC1c1ncc(-c2ccc(-c3csc4c(-c5ccc(-c6cnc(C7CCCN7C(=O)[C@H](NC(=O)OC)c7ccccc7)[nH]6)cc5)csc34)cc2)[nH]1)C(C)C. The van der Waals surface area contributed by atoms with Gasteiger partial charge >= 0.3 is 12.2 Å². The molecule has 2 fully saturated rings. The maximum Gasteiger partial charge on any atom is 0.407 e. The van der Waals surface area contributed by atoms with E-state index in [4.69, 9.17) is 19.4 Å². The summed E-state index contributed by atoms with van der Waals surface area (Å²) < 4.78 is 12.1. The Bertz CT molecular complexity index is 2810. The molecule has 4 N–H and O–H groups in total. The van der Waals surface area contributed by atoms with Gasteiger partial charge in [0.25, 0.3) is 5.91 Å². The molecule has 9 rings (SSSR count). The van der Waals surface area contributed by atoms with Gasteiger partial charge in [0, 0.05) is 35.0 Å². The number of benzene rings is 3. The summed E-state index contributed by atoms with van der Waals surface area (Å²) in [4.78, 5) is 71.9. The molecular weight excluding hydrogens is 861 g/mol. The minimum absolute atomic E-state index is 0.105. The molecule has 0 aliphatic carbocycles. The fraction of sp³-hybridized carbons (Fsp3) is 0.306. The summed E-state index contributed by atoms with van der Waals surface area (Å²) >= 11 is 3.49. The van der Waals surface area contributed by atoms with E-state index in [0.717, 1.165) is 65.1 Å². The monoisotopic (exact) mass is 910 g/mol. The zero-order valence-corrected chi connectivity index (χ0v) is 38.1. The standard InChI is InChI=1S/C49H50N8O6S2/c1-28(2)40(54-48(60)62-3)46(58)56-22-8-12-38(56)44-50-24-36(52-44)31-18-14-29(15-19-31)34-26-64-43-35(27-65-42(34)43)30-16-20-32(21-17-30)37-25-51-45(53-37)39-13-9-23-57(39)47(59)41(55-49(61)63-4)33-10-6-5-7-11-33/h5-7,10-11,14-21,24-28,38-41H,8-9,12-13,22-23H2,1-4H3,(H,50,52)(H,51,53)(H,54,60)(H,55,61)/t38?,39?,40-,41+/m0/s1. The van der Waals surface area contributed by atoms with Gasteiger partial charge in [0.1, 0.15) is 23.7 Å². The maximum atomic E-state index is 14.0. The highest BCUT2D eigenvalue weighted by molar-refractivity contribution is 7.27. The predicted molar refractivity (Wildman–Crippen MR) is 252 cm³/mol. The third kappa shape index (κ3) is 8.75. The van der Waals surface area contributed by atoms with Crippen molar-refractivity contribution < 1.29 is 28.7 Å². The second-order valence-electron chi connectivity index (χ2n) is 16.7. The van der Waals surface area contributed by atoms with E-state index in [1.54, 1.807) is 27.6 Å². The Morgan fingerprint density at radius 1 is 0.646 bits per heavy atom. The summed E-state index contributed by atoms with van der Waals surface area (Å²) in [7, 11) is 2.58. The van der Waals surface area contributed by atoms with Crippen LogP contribution >= 0.6 is 22.7 Å². The highest BCUT2D eigenvalue weighted by Gasteiger charge is 2.39. The van der Waals surface area contributed by atoms with Crippen LogP contribution in [0.25, 0.3) is 54.2 Å². The molecule has 0 saturated carbocycles. The number of thiophene rings is 2. The first kappa shape index (κ1) is 43.5. The molecule has 65 heavy (non-hydrogen) atoms. The van der Waals surface area contributed by atoms with Crippen LogP contribution in [0.4, 0.5) is 9.59 Å². The maximum absolute atomic E-state index is 14.0. The molecule has 2 aliphatic heterocycles. The highest BCUT2D eigenvalue weighted by Crippen LogP contribution is 2.45. The Labute approximate surface area is 384 Å². The second kappa shape index (κ2) is 18.7. The number of likely N-dealkylation sites (tertiary alicyclic amines) is 2. The lowest BCUT2D eigenvalue weighted by molar-refractivity contribution is -0.135. The molecule has 3 aromatic carbocycles. The van der Waals surface area contributed by atoms with E-state index in [-0.39, 0.29) is 29.8 Å². The van der Waals surface area contributed by atoms with Gasteiger partial charge < -0.3 is 39.9 Å². The van der Waals surface area contributed by atoms with Gasteiger partial charge in [0.2, 0.25) is 5.91 Å². The first-order chi connectivity index (χ1) is 31.6. The van der Waals surface area contributed by atoms with Crippen molar-refractivity contribution >= 4 is 56.1 Å². The number of carbonyl (C=O) groups excluding carboxylic acids is 4. The number of aromatic nitrogens is 4. The molecule has 7 aromatic rings.